The van der Waals surface area contributed by atoms with Crippen LogP contribution in [0.2, 0.25) is 0 Å². The fourth-order valence-corrected chi connectivity index (χ4v) is 5.25. The Morgan fingerprint density at radius 2 is 1.81 bits per heavy atom. The molecule has 8 nitrogen and oxygen atoms in total. The van der Waals surface area contributed by atoms with Crippen LogP contribution in [0.1, 0.15) is 33.3 Å². The Morgan fingerprint density at radius 1 is 1.19 bits per heavy atom. The molecule has 32 heavy (non-hydrogen) atoms. The number of likely N-dealkylation sites (tertiary alicyclic amines) is 1. The highest BCUT2D eigenvalue weighted by Crippen LogP contribution is 2.57. The third kappa shape index (κ3) is 4.50. The van der Waals surface area contributed by atoms with Gasteiger partial charge in [0.1, 0.15) is 11.9 Å². The van der Waals surface area contributed by atoms with Gasteiger partial charge in [0, 0.05) is 31.2 Å². The monoisotopic (exact) mass is 439 g/mol. The highest BCUT2D eigenvalue weighted by atomic mass is 16.6. The van der Waals surface area contributed by atoms with Crippen LogP contribution in [-0.2, 0) is 11.2 Å². The first-order valence-electron chi connectivity index (χ1n) is 11.2. The number of rotatable bonds is 6. The lowest BCUT2D eigenvalue weighted by Gasteiger charge is -2.33. The van der Waals surface area contributed by atoms with Gasteiger partial charge in [-0.2, -0.15) is 4.98 Å². The number of fused-ring (bicyclic) bond motifs is 1. The Hall–Kier alpha value is -2.87. The van der Waals surface area contributed by atoms with E-state index in [4.69, 9.17) is 16.2 Å². The van der Waals surface area contributed by atoms with Crippen molar-refractivity contribution in [3.8, 4) is 5.69 Å². The molecule has 2 aromatic rings. The molecular formula is C24H33N5O3. The minimum Gasteiger partial charge on any atom is -0.446 e. The van der Waals surface area contributed by atoms with Crippen LogP contribution in [0.15, 0.2) is 41.3 Å². The number of amides is 1. The number of primary amides is 1. The van der Waals surface area contributed by atoms with Gasteiger partial charge in [-0.15, -0.1) is 0 Å². The van der Waals surface area contributed by atoms with Gasteiger partial charge in [-0.1, -0.05) is 32.9 Å². The summed E-state index contributed by atoms with van der Waals surface area (Å²) in [4.78, 5) is 29.7. The first-order valence-corrected chi connectivity index (χ1v) is 11.2. The summed E-state index contributed by atoms with van der Waals surface area (Å²) in [6.45, 7) is 10.6. The van der Waals surface area contributed by atoms with E-state index in [1.54, 1.807) is 12.3 Å². The Bertz CT molecular complexity index is 1030. The van der Waals surface area contributed by atoms with Gasteiger partial charge in [-0.05, 0) is 54.4 Å². The average Bonchev–Trinajstić information content (AvgIpc) is 3.16. The second kappa shape index (κ2) is 8.24. The molecule has 0 spiro atoms. The standard InChI is InChI=1S/C24H33N5O3/c1-14(11-15-5-7-16(8-6-15)29-10-9-19(25)27-23(29)31)28-12-17-18(13-28)20(17)21(24(2,3)4)32-22(26)30/h5-10,14,17-18,20-21H,11-13H2,1-4H3,(H2,26,30)(H2,25,27,31). The van der Waals surface area contributed by atoms with E-state index in [0.717, 1.165) is 25.2 Å². The number of aromatic nitrogens is 2. The number of nitrogens with zero attached hydrogens (tertiary/aromatic N) is 3. The summed E-state index contributed by atoms with van der Waals surface area (Å²) in [7, 11) is 0. The van der Waals surface area contributed by atoms with E-state index in [2.05, 4.69) is 49.7 Å². The van der Waals surface area contributed by atoms with E-state index in [0.29, 0.717) is 23.8 Å². The Kier molecular flexibility index (Phi) is 5.75. The Labute approximate surface area is 188 Å². The number of hydrogen-bond acceptors (Lipinski definition) is 6. The smallest absolute Gasteiger partial charge is 0.404 e. The molecule has 1 aliphatic heterocycles. The highest BCUT2D eigenvalue weighted by Gasteiger charge is 2.62. The van der Waals surface area contributed by atoms with Crippen LogP contribution in [0.3, 0.4) is 0 Å². The van der Waals surface area contributed by atoms with Crippen LogP contribution < -0.4 is 17.2 Å². The van der Waals surface area contributed by atoms with E-state index in [9.17, 15) is 9.59 Å². The predicted molar refractivity (Wildman–Crippen MR) is 123 cm³/mol. The van der Waals surface area contributed by atoms with Crippen molar-refractivity contribution in [1.82, 2.24) is 14.5 Å². The van der Waals surface area contributed by atoms with E-state index in [1.807, 2.05) is 12.1 Å². The van der Waals surface area contributed by atoms with Crippen LogP contribution in [0.25, 0.3) is 5.69 Å². The topological polar surface area (TPSA) is 116 Å². The third-order valence-electron chi connectivity index (χ3n) is 6.93. The number of hydrogen-bond donors (Lipinski definition) is 2. The Morgan fingerprint density at radius 3 is 2.34 bits per heavy atom. The normalized spacial score (nSPS) is 24.6. The molecule has 1 amide bonds. The number of nitrogen functional groups attached to an aromatic ring is 1. The number of nitrogens with two attached hydrogens (primary N) is 2. The summed E-state index contributed by atoms with van der Waals surface area (Å²) in [6.07, 6.45) is 1.76. The molecule has 1 saturated carbocycles. The number of piperidine rings is 1. The molecule has 1 aromatic heterocycles. The highest BCUT2D eigenvalue weighted by molar-refractivity contribution is 5.65. The summed E-state index contributed by atoms with van der Waals surface area (Å²) in [5.41, 5.74) is 12.4. The maximum Gasteiger partial charge on any atom is 0.404 e. The van der Waals surface area contributed by atoms with E-state index in [-0.39, 0.29) is 23.0 Å². The quantitative estimate of drug-likeness (QED) is 0.714. The molecule has 0 bridgehead atoms. The number of carbonyl (C=O) groups excluding carboxylic acids is 1. The maximum atomic E-state index is 12.0. The molecule has 1 aromatic carbocycles. The van der Waals surface area contributed by atoms with Crippen molar-refractivity contribution in [1.29, 1.82) is 0 Å². The second-order valence-corrected chi connectivity index (χ2v) is 10.3. The van der Waals surface area contributed by atoms with Gasteiger partial charge in [-0.25, -0.2) is 9.59 Å². The number of benzene rings is 1. The van der Waals surface area contributed by atoms with Crippen molar-refractivity contribution in [3.63, 3.8) is 0 Å². The summed E-state index contributed by atoms with van der Waals surface area (Å²) in [5, 5.41) is 0. The molecule has 1 aliphatic carbocycles. The summed E-state index contributed by atoms with van der Waals surface area (Å²) in [6, 6.07) is 10.0. The van der Waals surface area contributed by atoms with Gasteiger partial charge in [0.2, 0.25) is 0 Å². The zero-order valence-electron chi connectivity index (χ0n) is 19.2. The fourth-order valence-electron chi connectivity index (χ4n) is 5.25. The zero-order valence-corrected chi connectivity index (χ0v) is 19.2. The molecule has 8 heteroatoms. The number of carbonyl (C=O) groups is 1. The number of anilines is 1. The summed E-state index contributed by atoms with van der Waals surface area (Å²) in [5.74, 6) is 1.75. The average molecular weight is 440 g/mol. The van der Waals surface area contributed by atoms with E-state index in [1.165, 1.54) is 10.1 Å². The maximum absolute atomic E-state index is 12.0. The minimum atomic E-state index is -0.680. The first kappa shape index (κ1) is 22.3. The molecule has 1 saturated heterocycles. The van der Waals surface area contributed by atoms with Gasteiger partial charge >= 0.3 is 11.8 Å². The van der Waals surface area contributed by atoms with Gasteiger partial charge in [-0.3, -0.25) is 9.47 Å². The first-order chi connectivity index (χ1) is 15.0. The van der Waals surface area contributed by atoms with Crippen molar-refractivity contribution >= 4 is 11.9 Å². The predicted octanol–water partition coefficient (Wildman–Crippen LogP) is 2.43. The molecular weight excluding hydrogens is 406 g/mol. The molecule has 4 unspecified atom stereocenters. The summed E-state index contributed by atoms with van der Waals surface area (Å²) >= 11 is 0. The van der Waals surface area contributed by atoms with Gasteiger partial charge in [0.25, 0.3) is 0 Å². The van der Waals surface area contributed by atoms with Crippen LogP contribution in [0.5, 0.6) is 0 Å². The van der Waals surface area contributed by atoms with Crippen LogP contribution in [0.4, 0.5) is 10.6 Å². The molecule has 4 rings (SSSR count). The molecule has 2 aliphatic rings. The van der Waals surface area contributed by atoms with Gasteiger partial charge in [0.15, 0.2) is 0 Å². The fraction of sp³-hybridized carbons (Fsp3) is 0.542. The molecule has 172 valence electrons. The second-order valence-electron chi connectivity index (χ2n) is 10.3. The van der Waals surface area contributed by atoms with Crippen LogP contribution in [-0.4, -0.2) is 45.8 Å². The molecule has 0 radical (unpaired) electrons. The lowest BCUT2D eigenvalue weighted by Crippen LogP contribution is -2.41. The minimum absolute atomic E-state index is 0.121. The van der Waals surface area contributed by atoms with Crippen molar-refractivity contribution in [3.05, 3.63) is 52.6 Å². The lowest BCUT2D eigenvalue weighted by atomic mass is 9.84. The third-order valence-corrected chi connectivity index (χ3v) is 6.93. The summed E-state index contributed by atoms with van der Waals surface area (Å²) < 4.78 is 7.00. The lowest BCUT2D eigenvalue weighted by molar-refractivity contribution is 0.00891. The Balaban J connectivity index is 1.35. The molecule has 2 fully saturated rings. The van der Waals surface area contributed by atoms with Gasteiger partial charge < -0.3 is 16.2 Å². The zero-order chi connectivity index (χ0) is 23.2. The SMILES string of the molecule is CC(Cc1ccc(-n2ccc(N)nc2=O)cc1)N1CC2C(C1)C2C(OC(N)=O)C(C)(C)C. The largest absolute Gasteiger partial charge is 0.446 e. The van der Waals surface area contributed by atoms with Crippen molar-refractivity contribution < 1.29 is 9.53 Å². The van der Waals surface area contributed by atoms with Crippen LogP contribution >= 0.6 is 0 Å². The number of ether oxygens (including phenoxy) is 1. The molecule has 2 heterocycles. The van der Waals surface area contributed by atoms with Crippen molar-refractivity contribution in [2.75, 3.05) is 18.8 Å². The van der Waals surface area contributed by atoms with E-state index >= 15 is 0 Å². The van der Waals surface area contributed by atoms with Crippen molar-refractivity contribution in [2.45, 2.75) is 46.3 Å². The molecule has 4 N–H and O–H groups in total. The van der Waals surface area contributed by atoms with Crippen molar-refractivity contribution in [2.24, 2.45) is 28.9 Å². The molecule has 4 atom stereocenters. The van der Waals surface area contributed by atoms with Gasteiger partial charge in [0.05, 0.1) is 5.69 Å². The van der Waals surface area contributed by atoms with E-state index < -0.39 is 6.09 Å². The van der Waals surface area contributed by atoms with Crippen LogP contribution in [0, 0.1) is 23.2 Å².